The lowest BCUT2D eigenvalue weighted by atomic mass is 10.0. The van der Waals surface area contributed by atoms with Crippen molar-refractivity contribution in [1.82, 2.24) is 24.4 Å². The van der Waals surface area contributed by atoms with Crippen LogP contribution in [0.4, 0.5) is 5.69 Å². The fourth-order valence-electron chi connectivity index (χ4n) is 5.08. The number of hydrogen-bond donors (Lipinski definition) is 0. The molecule has 0 spiro atoms. The largest absolute Gasteiger partial charge is 0.371 e. The van der Waals surface area contributed by atoms with Crippen LogP contribution in [0.2, 0.25) is 0 Å². The standard InChI is InChI=1S/C25H32N6O/c1-16-17(2)26-24-21-14-30(15-22(21)27-31(24)18(16)3)25(32)20-8-6-7-9-23(20)29-12-10-19(11-13-29)28(4)5/h6-9,19H,10-15H2,1-5H3. The minimum atomic E-state index is 0.0760. The number of benzene rings is 1. The summed E-state index contributed by atoms with van der Waals surface area (Å²) in [5, 5.41) is 4.80. The van der Waals surface area contributed by atoms with Crippen LogP contribution >= 0.6 is 0 Å². The summed E-state index contributed by atoms with van der Waals surface area (Å²) in [5.41, 5.74) is 8.06. The van der Waals surface area contributed by atoms with E-state index >= 15 is 0 Å². The molecule has 0 saturated carbocycles. The third-order valence-corrected chi connectivity index (χ3v) is 7.36. The van der Waals surface area contributed by atoms with Crippen molar-refractivity contribution in [3.63, 3.8) is 0 Å². The van der Waals surface area contributed by atoms with Crippen LogP contribution in [0.3, 0.4) is 0 Å². The average Bonchev–Trinajstić information content (AvgIpc) is 3.36. The molecule has 7 heteroatoms. The molecule has 2 aliphatic heterocycles. The molecule has 0 atom stereocenters. The molecule has 168 valence electrons. The first-order valence-electron chi connectivity index (χ1n) is 11.5. The molecule has 32 heavy (non-hydrogen) atoms. The van der Waals surface area contributed by atoms with E-state index in [1.807, 2.05) is 34.5 Å². The molecular weight excluding hydrogens is 400 g/mol. The van der Waals surface area contributed by atoms with E-state index in [0.717, 1.165) is 65.5 Å². The first-order valence-corrected chi connectivity index (χ1v) is 11.5. The van der Waals surface area contributed by atoms with Crippen molar-refractivity contribution < 1.29 is 4.79 Å². The van der Waals surface area contributed by atoms with E-state index in [1.54, 1.807) is 0 Å². The SMILES string of the molecule is Cc1nc2c3c(nn2c(C)c1C)CN(C(=O)c1ccccc1N1CCC(N(C)C)CC1)C3. The Hall–Kier alpha value is -2.93. The van der Waals surface area contributed by atoms with Crippen LogP contribution in [-0.4, -0.2) is 63.5 Å². The van der Waals surface area contributed by atoms with Crippen LogP contribution in [0.25, 0.3) is 5.65 Å². The molecule has 3 aromatic rings. The van der Waals surface area contributed by atoms with Gasteiger partial charge in [0.15, 0.2) is 5.65 Å². The predicted molar refractivity (Wildman–Crippen MR) is 126 cm³/mol. The molecule has 2 aliphatic rings. The van der Waals surface area contributed by atoms with Crippen LogP contribution < -0.4 is 4.90 Å². The quantitative estimate of drug-likeness (QED) is 0.635. The Kier molecular flexibility index (Phi) is 5.16. The number of carbonyl (C=O) groups is 1. The monoisotopic (exact) mass is 432 g/mol. The average molecular weight is 433 g/mol. The molecule has 0 radical (unpaired) electrons. The zero-order valence-corrected chi connectivity index (χ0v) is 19.7. The molecule has 0 aliphatic carbocycles. The highest BCUT2D eigenvalue weighted by Gasteiger charge is 2.32. The van der Waals surface area contributed by atoms with Crippen molar-refractivity contribution in [2.75, 3.05) is 32.1 Å². The van der Waals surface area contributed by atoms with Gasteiger partial charge in [-0.1, -0.05) is 12.1 Å². The molecule has 0 N–H and O–H groups in total. The molecule has 1 aromatic carbocycles. The summed E-state index contributed by atoms with van der Waals surface area (Å²) in [6, 6.07) is 8.67. The van der Waals surface area contributed by atoms with Crippen LogP contribution in [0, 0.1) is 20.8 Å². The molecule has 2 aromatic heterocycles. The third kappa shape index (κ3) is 3.35. The number of piperidine rings is 1. The summed E-state index contributed by atoms with van der Waals surface area (Å²) in [6.07, 6.45) is 2.23. The van der Waals surface area contributed by atoms with Crippen molar-refractivity contribution in [1.29, 1.82) is 0 Å². The van der Waals surface area contributed by atoms with Crippen molar-refractivity contribution >= 4 is 17.2 Å². The number of anilines is 1. The van der Waals surface area contributed by atoms with Crippen molar-refractivity contribution in [2.45, 2.75) is 52.7 Å². The van der Waals surface area contributed by atoms with E-state index < -0.39 is 0 Å². The minimum Gasteiger partial charge on any atom is -0.371 e. The van der Waals surface area contributed by atoms with Gasteiger partial charge in [0.05, 0.1) is 24.3 Å². The van der Waals surface area contributed by atoms with Gasteiger partial charge in [0.25, 0.3) is 5.91 Å². The molecular formula is C25H32N6O. The number of para-hydroxylation sites is 1. The van der Waals surface area contributed by atoms with Crippen molar-refractivity contribution in [2.24, 2.45) is 0 Å². The second-order valence-corrected chi connectivity index (χ2v) is 9.43. The highest BCUT2D eigenvalue weighted by atomic mass is 16.2. The molecule has 5 rings (SSSR count). The van der Waals surface area contributed by atoms with E-state index in [-0.39, 0.29) is 5.91 Å². The second-order valence-electron chi connectivity index (χ2n) is 9.43. The zero-order valence-electron chi connectivity index (χ0n) is 19.7. The summed E-state index contributed by atoms with van der Waals surface area (Å²) >= 11 is 0. The van der Waals surface area contributed by atoms with Crippen molar-refractivity contribution in [3.8, 4) is 0 Å². The Morgan fingerprint density at radius 1 is 1.06 bits per heavy atom. The van der Waals surface area contributed by atoms with E-state index in [9.17, 15) is 4.79 Å². The maximum Gasteiger partial charge on any atom is 0.256 e. The molecule has 1 saturated heterocycles. The first kappa shape index (κ1) is 20.9. The normalized spacial score (nSPS) is 16.9. The van der Waals surface area contributed by atoms with Crippen LogP contribution in [0.15, 0.2) is 24.3 Å². The lowest BCUT2D eigenvalue weighted by Gasteiger charge is -2.37. The molecule has 7 nitrogen and oxygen atoms in total. The van der Waals surface area contributed by atoms with Crippen molar-refractivity contribution in [3.05, 3.63) is 58.0 Å². The lowest BCUT2D eigenvalue weighted by Crippen LogP contribution is -2.42. The Morgan fingerprint density at radius 3 is 2.50 bits per heavy atom. The Balaban J connectivity index is 1.40. The third-order valence-electron chi connectivity index (χ3n) is 7.36. The highest BCUT2D eigenvalue weighted by Crippen LogP contribution is 2.31. The van der Waals surface area contributed by atoms with Gasteiger partial charge in [0, 0.05) is 41.8 Å². The zero-order chi connectivity index (χ0) is 22.6. The number of hydrogen-bond acceptors (Lipinski definition) is 5. The van der Waals surface area contributed by atoms with Gasteiger partial charge >= 0.3 is 0 Å². The van der Waals surface area contributed by atoms with Crippen LogP contribution in [0.5, 0.6) is 0 Å². The molecule has 4 heterocycles. The summed E-state index contributed by atoms with van der Waals surface area (Å²) in [7, 11) is 4.30. The van der Waals surface area contributed by atoms with Gasteiger partial charge in [0.1, 0.15) is 0 Å². The Bertz CT molecular complexity index is 1190. The maximum absolute atomic E-state index is 13.6. The van der Waals surface area contributed by atoms with Gasteiger partial charge in [-0.25, -0.2) is 9.50 Å². The lowest BCUT2D eigenvalue weighted by molar-refractivity contribution is 0.0750. The van der Waals surface area contributed by atoms with Crippen LogP contribution in [-0.2, 0) is 13.1 Å². The number of aromatic nitrogens is 3. The first-order chi connectivity index (χ1) is 15.3. The summed E-state index contributed by atoms with van der Waals surface area (Å²) < 4.78 is 1.94. The Morgan fingerprint density at radius 2 is 1.78 bits per heavy atom. The fraction of sp³-hybridized carbons (Fsp3) is 0.480. The van der Waals surface area contributed by atoms with E-state index in [1.165, 1.54) is 5.56 Å². The molecule has 1 fully saturated rings. The number of nitrogens with zero attached hydrogens (tertiary/aromatic N) is 6. The van der Waals surface area contributed by atoms with E-state index in [0.29, 0.717) is 19.1 Å². The summed E-state index contributed by atoms with van der Waals surface area (Å²) in [5.74, 6) is 0.0760. The predicted octanol–water partition coefficient (Wildman–Crippen LogP) is 3.34. The van der Waals surface area contributed by atoms with Gasteiger partial charge in [-0.3, -0.25) is 4.79 Å². The van der Waals surface area contributed by atoms with E-state index in [4.69, 9.17) is 10.1 Å². The van der Waals surface area contributed by atoms with Gasteiger partial charge < -0.3 is 14.7 Å². The van der Waals surface area contributed by atoms with Crippen LogP contribution in [0.1, 0.15) is 51.4 Å². The van der Waals surface area contributed by atoms with Gasteiger partial charge in [0.2, 0.25) is 0 Å². The number of rotatable bonds is 3. The van der Waals surface area contributed by atoms with Gasteiger partial charge in [-0.05, 0) is 65.4 Å². The smallest absolute Gasteiger partial charge is 0.256 e. The fourth-order valence-corrected chi connectivity index (χ4v) is 5.08. The number of amides is 1. The summed E-state index contributed by atoms with van der Waals surface area (Å²) in [4.78, 5) is 25.0. The summed E-state index contributed by atoms with van der Waals surface area (Å²) in [6.45, 7) is 9.24. The number of fused-ring (bicyclic) bond motifs is 3. The second kappa shape index (κ2) is 7.89. The maximum atomic E-state index is 13.6. The van der Waals surface area contributed by atoms with Gasteiger partial charge in [-0.15, -0.1) is 0 Å². The Labute approximate surface area is 189 Å². The van der Waals surface area contributed by atoms with Gasteiger partial charge in [-0.2, -0.15) is 5.10 Å². The number of carbonyl (C=O) groups excluding carboxylic acids is 1. The molecule has 1 amide bonds. The molecule has 0 unspecified atom stereocenters. The molecule has 0 bridgehead atoms. The number of aryl methyl sites for hydroxylation is 2. The van der Waals surface area contributed by atoms with E-state index in [2.05, 4.69) is 43.8 Å². The highest BCUT2D eigenvalue weighted by molar-refractivity contribution is 6.00. The topological polar surface area (TPSA) is 57.0 Å². The minimum absolute atomic E-state index is 0.0760.